The van der Waals surface area contributed by atoms with Gasteiger partial charge in [-0.25, -0.2) is 0 Å². The van der Waals surface area contributed by atoms with Gasteiger partial charge < -0.3 is 0 Å². The fourth-order valence-electron chi connectivity index (χ4n) is 1.13. The summed E-state index contributed by atoms with van der Waals surface area (Å²) in [6, 6.07) is 3.58. The number of carbonyl (C=O) groups excluding carboxylic acids is 1. The average Bonchev–Trinajstić information content (AvgIpc) is 2.68. The normalized spacial score (nSPS) is 13.9. The maximum atomic E-state index is 13.2. The first-order chi connectivity index (χ1) is 7.66. The fourth-order valence-corrected chi connectivity index (χ4v) is 3.48. The molecule has 0 fully saturated rings. The first-order valence-electron chi connectivity index (χ1n) is 4.39. The second-order valence-corrected chi connectivity index (χ2v) is 7.27. The van der Waals surface area contributed by atoms with Gasteiger partial charge in [-0.3, -0.25) is 0 Å². The van der Waals surface area contributed by atoms with Crippen molar-refractivity contribution in [2.75, 3.05) is 0 Å². The Morgan fingerprint density at radius 3 is 2.94 bits per heavy atom. The SMILES string of the molecule is O=C(NC1=C(F)C=[C+]C=C1)c1ccc(Br)[se]1. The standard InChI is InChI=1S/C11H5BrFNOSe/c12-10-6-5-9(16-10)11(15)14-8-4-2-1-3-7(8)13/h2-6H/p+1. The molecule has 1 aliphatic carbocycles. The molecule has 0 unspecified atom stereocenters. The van der Waals surface area contributed by atoms with Crippen LogP contribution in [-0.4, -0.2) is 20.4 Å². The van der Waals surface area contributed by atoms with Crippen LogP contribution >= 0.6 is 15.9 Å². The third kappa shape index (κ3) is 2.57. The molecule has 0 saturated heterocycles. The Bertz CT molecular complexity index is 516. The van der Waals surface area contributed by atoms with Gasteiger partial charge in [0, 0.05) is 0 Å². The van der Waals surface area contributed by atoms with Gasteiger partial charge in [0.15, 0.2) is 0 Å². The van der Waals surface area contributed by atoms with Crippen molar-refractivity contribution in [3.05, 3.63) is 55.7 Å². The van der Waals surface area contributed by atoms with Gasteiger partial charge in [0.1, 0.15) is 0 Å². The number of amides is 1. The van der Waals surface area contributed by atoms with E-state index in [1.807, 2.05) is 6.07 Å². The number of rotatable bonds is 2. The molecule has 0 aliphatic heterocycles. The van der Waals surface area contributed by atoms with Crippen LogP contribution in [-0.2, 0) is 0 Å². The monoisotopic (exact) mass is 346 g/mol. The Labute approximate surface area is 106 Å². The molecule has 2 nitrogen and oxygen atoms in total. The molecule has 0 radical (unpaired) electrons. The third-order valence-corrected chi connectivity index (χ3v) is 4.79. The van der Waals surface area contributed by atoms with Crippen LogP contribution in [0.2, 0.25) is 0 Å². The summed E-state index contributed by atoms with van der Waals surface area (Å²) in [5.74, 6) is -0.732. The predicted octanol–water partition coefficient (Wildman–Crippen LogP) is 2.35. The number of allylic oxidation sites excluding steroid dienone is 5. The molecule has 80 valence electrons. The van der Waals surface area contributed by atoms with Crippen molar-refractivity contribution < 1.29 is 9.18 Å². The average molecular weight is 346 g/mol. The Hall–Kier alpha value is -0.991. The van der Waals surface area contributed by atoms with Crippen LogP contribution in [0.3, 0.4) is 0 Å². The summed E-state index contributed by atoms with van der Waals surface area (Å²) in [5.41, 5.74) is 0.184. The number of carbonyl (C=O) groups is 1. The van der Waals surface area contributed by atoms with Crippen LogP contribution in [0.1, 0.15) is 9.23 Å². The van der Waals surface area contributed by atoms with Crippen LogP contribution < -0.4 is 5.32 Å². The Morgan fingerprint density at radius 1 is 1.50 bits per heavy atom. The molecule has 1 heterocycles. The summed E-state index contributed by atoms with van der Waals surface area (Å²) in [4.78, 5) is 11.7. The zero-order valence-corrected chi connectivity index (χ0v) is 11.3. The molecule has 1 aromatic rings. The molecule has 1 aliphatic rings. The molecule has 0 atom stereocenters. The summed E-state index contributed by atoms with van der Waals surface area (Å²) in [6.45, 7) is 0. The summed E-state index contributed by atoms with van der Waals surface area (Å²) >= 11 is 3.31. The van der Waals surface area contributed by atoms with Crippen LogP contribution in [0, 0.1) is 6.08 Å². The van der Waals surface area contributed by atoms with Gasteiger partial charge in [-0.15, -0.1) is 0 Å². The van der Waals surface area contributed by atoms with E-state index in [1.54, 1.807) is 12.1 Å². The topological polar surface area (TPSA) is 29.1 Å². The fraction of sp³-hybridized carbons (Fsp3) is 0. The van der Waals surface area contributed by atoms with Crippen molar-refractivity contribution in [2.24, 2.45) is 0 Å². The summed E-state index contributed by atoms with van der Waals surface area (Å²) in [7, 11) is 0. The van der Waals surface area contributed by atoms with E-state index in [4.69, 9.17) is 0 Å². The van der Waals surface area contributed by atoms with Crippen molar-refractivity contribution in [3.63, 3.8) is 0 Å². The first-order valence-corrected chi connectivity index (χ1v) is 6.90. The van der Waals surface area contributed by atoms with Gasteiger partial charge in [-0.2, -0.15) is 0 Å². The van der Waals surface area contributed by atoms with E-state index >= 15 is 0 Å². The summed E-state index contributed by atoms with van der Waals surface area (Å²) in [6.07, 6.45) is 6.83. The van der Waals surface area contributed by atoms with Crippen molar-refractivity contribution in [3.8, 4) is 0 Å². The Kier molecular flexibility index (Phi) is 3.52. The van der Waals surface area contributed by atoms with E-state index in [9.17, 15) is 9.18 Å². The van der Waals surface area contributed by atoms with Crippen molar-refractivity contribution in [2.45, 2.75) is 0 Å². The molecule has 0 saturated carbocycles. The van der Waals surface area contributed by atoms with Crippen LogP contribution in [0.4, 0.5) is 4.39 Å². The molecule has 1 N–H and O–H groups in total. The van der Waals surface area contributed by atoms with Gasteiger partial charge >= 0.3 is 107 Å². The minimum atomic E-state index is -0.478. The first kappa shape index (κ1) is 11.5. The van der Waals surface area contributed by atoms with Crippen LogP contribution in [0.15, 0.2) is 45.2 Å². The van der Waals surface area contributed by atoms with Gasteiger partial charge in [-0.05, 0) is 0 Å². The molecule has 16 heavy (non-hydrogen) atoms. The molecule has 1 amide bonds. The van der Waals surface area contributed by atoms with Crippen molar-refractivity contribution in [1.82, 2.24) is 5.32 Å². The second-order valence-electron chi connectivity index (χ2n) is 2.96. The van der Waals surface area contributed by atoms with E-state index in [1.165, 1.54) is 12.2 Å². The van der Waals surface area contributed by atoms with Crippen LogP contribution in [0.5, 0.6) is 0 Å². The van der Waals surface area contributed by atoms with E-state index in [0.717, 1.165) is 3.35 Å². The number of halogens is 2. The molecule has 2 rings (SSSR count). The van der Waals surface area contributed by atoms with E-state index in [2.05, 4.69) is 27.3 Å². The molecule has 0 aromatic carbocycles. The third-order valence-electron chi connectivity index (χ3n) is 1.86. The zero-order valence-electron chi connectivity index (χ0n) is 7.96. The van der Waals surface area contributed by atoms with E-state index in [0.29, 0.717) is 4.44 Å². The maximum absolute atomic E-state index is 13.2. The van der Waals surface area contributed by atoms with Gasteiger partial charge in [0.25, 0.3) is 0 Å². The molecule has 5 heteroatoms. The second kappa shape index (κ2) is 4.89. The Morgan fingerprint density at radius 2 is 2.31 bits per heavy atom. The minimum absolute atomic E-state index is 0.0124. The molecular weight excluding hydrogens is 340 g/mol. The number of nitrogens with one attached hydrogen (secondary N) is 1. The van der Waals surface area contributed by atoms with Crippen LogP contribution in [0.25, 0.3) is 0 Å². The van der Waals surface area contributed by atoms with E-state index in [-0.39, 0.29) is 26.1 Å². The quantitative estimate of drug-likeness (QED) is 0.647. The molecule has 0 bridgehead atoms. The molecular formula is C11H6BrFNOSe+. The molecule has 0 spiro atoms. The van der Waals surface area contributed by atoms with Gasteiger partial charge in [-0.1, -0.05) is 0 Å². The van der Waals surface area contributed by atoms with Gasteiger partial charge in [0.05, 0.1) is 0 Å². The zero-order chi connectivity index (χ0) is 11.5. The molecule has 1 aromatic heterocycles. The summed E-state index contributed by atoms with van der Waals surface area (Å²) < 4.78 is 14.9. The van der Waals surface area contributed by atoms with Crippen molar-refractivity contribution >= 4 is 36.3 Å². The predicted molar refractivity (Wildman–Crippen MR) is 63.6 cm³/mol. The summed E-state index contributed by atoms with van der Waals surface area (Å²) in [5, 5.41) is 2.53. The number of hydrogen-bond acceptors (Lipinski definition) is 1. The number of hydrogen-bond donors (Lipinski definition) is 1. The van der Waals surface area contributed by atoms with Gasteiger partial charge in [0.2, 0.25) is 0 Å². The Balaban J connectivity index is 2.14. The van der Waals surface area contributed by atoms with Crippen molar-refractivity contribution in [1.29, 1.82) is 0 Å². The van der Waals surface area contributed by atoms with E-state index < -0.39 is 5.83 Å².